The van der Waals surface area contributed by atoms with Crippen molar-refractivity contribution in [3.8, 4) is 11.5 Å². The summed E-state index contributed by atoms with van der Waals surface area (Å²) < 4.78 is 38.2. The van der Waals surface area contributed by atoms with Gasteiger partial charge in [0.2, 0.25) is 0 Å². The lowest BCUT2D eigenvalue weighted by Gasteiger charge is -2.11. The third-order valence-corrected chi connectivity index (χ3v) is 5.65. The summed E-state index contributed by atoms with van der Waals surface area (Å²) in [6.07, 6.45) is 0. The molecule has 0 bridgehead atoms. The molecule has 0 aromatic heterocycles. The molecule has 2 N–H and O–H groups in total. The van der Waals surface area contributed by atoms with Crippen LogP contribution < -0.4 is 19.5 Å². The van der Waals surface area contributed by atoms with Gasteiger partial charge in [-0.1, -0.05) is 18.2 Å². The quantitative estimate of drug-likeness (QED) is 0.571. The second kappa shape index (κ2) is 9.32. The molecule has 0 spiro atoms. The van der Waals surface area contributed by atoms with E-state index in [1.807, 2.05) is 19.1 Å². The maximum absolute atomic E-state index is 12.6. The zero-order valence-corrected chi connectivity index (χ0v) is 17.4. The van der Waals surface area contributed by atoms with Crippen LogP contribution in [0.15, 0.2) is 77.7 Å². The number of ether oxygens (including phenoxy) is 2. The zero-order valence-electron chi connectivity index (χ0n) is 16.6. The highest BCUT2D eigenvalue weighted by Gasteiger charge is 2.15. The number of nitrogens with one attached hydrogen (secondary N) is 2. The number of anilines is 2. The fourth-order valence-electron chi connectivity index (χ4n) is 2.63. The van der Waals surface area contributed by atoms with Gasteiger partial charge >= 0.3 is 0 Å². The van der Waals surface area contributed by atoms with Crippen LogP contribution in [-0.2, 0) is 14.8 Å². The zero-order chi connectivity index (χ0) is 21.6. The Morgan fingerprint density at radius 1 is 0.900 bits per heavy atom. The van der Waals surface area contributed by atoms with E-state index >= 15 is 0 Å². The van der Waals surface area contributed by atoms with Crippen LogP contribution >= 0.6 is 0 Å². The Morgan fingerprint density at radius 2 is 1.53 bits per heavy atom. The van der Waals surface area contributed by atoms with Gasteiger partial charge in [0, 0.05) is 5.69 Å². The normalized spacial score (nSPS) is 10.9. The number of methoxy groups -OCH3 is 1. The van der Waals surface area contributed by atoms with E-state index in [1.165, 1.54) is 24.3 Å². The van der Waals surface area contributed by atoms with Crippen LogP contribution in [-0.4, -0.2) is 28.0 Å². The number of carbonyl (C=O) groups excluding carboxylic acids is 1. The van der Waals surface area contributed by atoms with E-state index in [0.29, 0.717) is 22.9 Å². The number of benzene rings is 3. The first-order valence-corrected chi connectivity index (χ1v) is 10.6. The number of aryl methyl sites for hydroxylation is 1. The second-order valence-electron chi connectivity index (χ2n) is 6.46. The van der Waals surface area contributed by atoms with E-state index in [2.05, 4.69) is 10.0 Å². The maximum Gasteiger partial charge on any atom is 0.262 e. The summed E-state index contributed by atoms with van der Waals surface area (Å²) in [7, 11) is -2.16. The lowest BCUT2D eigenvalue weighted by atomic mass is 10.2. The minimum absolute atomic E-state index is 0.0956. The van der Waals surface area contributed by atoms with E-state index in [0.717, 1.165) is 5.56 Å². The summed E-state index contributed by atoms with van der Waals surface area (Å²) in [6.45, 7) is 1.64. The Labute approximate surface area is 175 Å². The molecule has 1 amide bonds. The average Bonchev–Trinajstić information content (AvgIpc) is 2.74. The van der Waals surface area contributed by atoms with Crippen molar-refractivity contribution < 1.29 is 22.7 Å². The van der Waals surface area contributed by atoms with E-state index in [1.54, 1.807) is 43.5 Å². The molecule has 0 heterocycles. The number of rotatable bonds is 8. The van der Waals surface area contributed by atoms with E-state index < -0.39 is 10.0 Å². The lowest BCUT2D eigenvalue weighted by Crippen LogP contribution is -2.20. The Morgan fingerprint density at radius 3 is 2.17 bits per heavy atom. The topological polar surface area (TPSA) is 93.7 Å². The van der Waals surface area contributed by atoms with Crippen LogP contribution in [0.2, 0.25) is 0 Å². The molecule has 0 atom stereocenters. The highest BCUT2D eigenvalue weighted by molar-refractivity contribution is 7.92. The molecule has 156 valence electrons. The standard InChI is InChI=1S/C22H22N2O5S/c1-16-5-3-4-6-21(16)24-30(26,27)20-13-7-17(8-14-20)23-22(25)15-29-19-11-9-18(28-2)10-12-19/h3-14,24H,15H2,1-2H3,(H,23,25). The van der Waals surface area contributed by atoms with Gasteiger partial charge in [0.15, 0.2) is 6.61 Å². The summed E-state index contributed by atoms with van der Waals surface area (Å²) >= 11 is 0. The minimum atomic E-state index is -3.73. The third kappa shape index (κ3) is 5.51. The van der Waals surface area contributed by atoms with Crippen molar-refractivity contribution in [2.45, 2.75) is 11.8 Å². The fourth-order valence-corrected chi connectivity index (χ4v) is 3.76. The number of sulfonamides is 1. The van der Waals surface area contributed by atoms with Crippen LogP contribution in [0.25, 0.3) is 0 Å². The molecular formula is C22H22N2O5S. The summed E-state index contributed by atoms with van der Waals surface area (Å²) in [6, 6.07) is 19.9. The maximum atomic E-state index is 12.6. The molecule has 3 aromatic carbocycles. The molecule has 0 fully saturated rings. The van der Waals surface area contributed by atoms with Crippen molar-refractivity contribution in [2.75, 3.05) is 23.8 Å². The van der Waals surface area contributed by atoms with Crippen molar-refractivity contribution in [1.29, 1.82) is 0 Å². The van der Waals surface area contributed by atoms with Crippen molar-refractivity contribution >= 4 is 27.3 Å². The molecule has 0 aliphatic rings. The Balaban J connectivity index is 1.58. The second-order valence-corrected chi connectivity index (χ2v) is 8.14. The van der Waals surface area contributed by atoms with Crippen molar-refractivity contribution in [2.24, 2.45) is 0 Å². The molecule has 30 heavy (non-hydrogen) atoms. The highest BCUT2D eigenvalue weighted by Crippen LogP contribution is 2.21. The van der Waals surface area contributed by atoms with Gasteiger partial charge in [0.1, 0.15) is 11.5 Å². The Bertz CT molecular complexity index is 1110. The van der Waals surface area contributed by atoms with Crippen LogP contribution in [0, 0.1) is 6.92 Å². The summed E-state index contributed by atoms with van der Waals surface area (Å²) in [5.74, 6) is 0.868. The summed E-state index contributed by atoms with van der Waals surface area (Å²) in [5.41, 5.74) is 1.81. The number of amides is 1. The van der Waals surface area contributed by atoms with Crippen LogP contribution in [0.1, 0.15) is 5.56 Å². The molecule has 0 radical (unpaired) electrons. The molecule has 3 aromatic rings. The monoisotopic (exact) mass is 426 g/mol. The molecular weight excluding hydrogens is 404 g/mol. The largest absolute Gasteiger partial charge is 0.497 e. The first-order valence-electron chi connectivity index (χ1n) is 9.12. The van der Waals surface area contributed by atoms with Gasteiger partial charge in [-0.3, -0.25) is 9.52 Å². The van der Waals surface area contributed by atoms with Gasteiger partial charge in [-0.2, -0.15) is 0 Å². The molecule has 0 saturated carbocycles. The predicted octanol–water partition coefficient (Wildman–Crippen LogP) is 3.82. The molecule has 0 aliphatic heterocycles. The Hall–Kier alpha value is -3.52. The van der Waals surface area contributed by atoms with Gasteiger partial charge < -0.3 is 14.8 Å². The first-order chi connectivity index (χ1) is 14.4. The van der Waals surface area contributed by atoms with E-state index in [4.69, 9.17) is 9.47 Å². The van der Waals surface area contributed by atoms with Crippen LogP contribution in [0.4, 0.5) is 11.4 Å². The molecule has 3 rings (SSSR count). The number of hydrogen-bond donors (Lipinski definition) is 2. The number of hydrogen-bond acceptors (Lipinski definition) is 5. The highest BCUT2D eigenvalue weighted by atomic mass is 32.2. The Kier molecular flexibility index (Phi) is 6.58. The minimum Gasteiger partial charge on any atom is -0.497 e. The fraction of sp³-hybridized carbons (Fsp3) is 0.136. The number of carbonyl (C=O) groups is 1. The van der Waals surface area contributed by atoms with E-state index in [9.17, 15) is 13.2 Å². The third-order valence-electron chi connectivity index (χ3n) is 4.27. The SMILES string of the molecule is COc1ccc(OCC(=O)Nc2ccc(S(=O)(=O)Nc3ccccc3C)cc2)cc1. The van der Waals surface area contributed by atoms with E-state index in [-0.39, 0.29) is 17.4 Å². The van der Waals surface area contributed by atoms with Gasteiger partial charge in [0.25, 0.3) is 15.9 Å². The molecule has 7 nitrogen and oxygen atoms in total. The molecule has 0 unspecified atom stereocenters. The predicted molar refractivity (Wildman–Crippen MR) is 116 cm³/mol. The number of para-hydroxylation sites is 1. The van der Waals surface area contributed by atoms with Crippen molar-refractivity contribution in [3.05, 3.63) is 78.4 Å². The van der Waals surface area contributed by atoms with Crippen molar-refractivity contribution in [1.82, 2.24) is 0 Å². The molecule has 8 heteroatoms. The van der Waals surface area contributed by atoms with Crippen molar-refractivity contribution in [3.63, 3.8) is 0 Å². The average molecular weight is 426 g/mol. The van der Waals surface area contributed by atoms with Crippen LogP contribution in [0.3, 0.4) is 0 Å². The lowest BCUT2D eigenvalue weighted by molar-refractivity contribution is -0.118. The summed E-state index contributed by atoms with van der Waals surface area (Å²) in [5, 5.41) is 2.67. The van der Waals surface area contributed by atoms with Gasteiger partial charge in [-0.15, -0.1) is 0 Å². The summed E-state index contributed by atoms with van der Waals surface area (Å²) in [4.78, 5) is 12.2. The van der Waals surface area contributed by atoms with Gasteiger partial charge in [-0.25, -0.2) is 8.42 Å². The molecule has 0 saturated heterocycles. The first kappa shape index (κ1) is 21.2. The van der Waals surface area contributed by atoms with Crippen LogP contribution in [0.5, 0.6) is 11.5 Å². The smallest absolute Gasteiger partial charge is 0.262 e. The van der Waals surface area contributed by atoms with Gasteiger partial charge in [0.05, 0.1) is 17.7 Å². The molecule has 0 aliphatic carbocycles. The van der Waals surface area contributed by atoms with Gasteiger partial charge in [-0.05, 0) is 67.1 Å².